The minimum atomic E-state index is -1.50. The summed E-state index contributed by atoms with van der Waals surface area (Å²) in [5, 5.41) is 38.1. The van der Waals surface area contributed by atoms with Crippen LogP contribution in [0.15, 0.2) is 12.2 Å². The second-order valence-corrected chi connectivity index (χ2v) is 4.80. The van der Waals surface area contributed by atoms with Gasteiger partial charge in [-0.05, 0) is 13.0 Å². The molecule has 1 fully saturated rings. The fourth-order valence-corrected chi connectivity index (χ4v) is 2.11. The number of ether oxygens (including phenoxy) is 3. The van der Waals surface area contributed by atoms with Crippen molar-refractivity contribution in [1.82, 2.24) is 0 Å². The Morgan fingerprint density at radius 2 is 2.00 bits per heavy atom. The maximum absolute atomic E-state index is 11.0. The highest BCUT2D eigenvalue weighted by Crippen LogP contribution is 2.24. The average Bonchev–Trinajstić information content (AvgIpc) is 2.86. The van der Waals surface area contributed by atoms with Crippen molar-refractivity contribution in [2.45, 2.75) is 49.8 Å². The van der Waals surface area contributed by atoms with Gasteiger partial charge < -0.3 is 34.6 Å². The Hall–Kier alpha value is -1.03. The van der Waals surface area contributed by atoms with Gasteiger partial charge in [-0.25, -0.2) is 4.79 Å². The van der Waals surface area contributed by atoms with Crippen LogP contribution in [-0.4, -0.2) is 75.9 Å². The van der Waals surface area contributed by atoms with Crippen molar-refractivity contribution in [2.75, 3.05) is 6.61 Å². The van der Waals surface area contributed by atoms with E-state index in [1.807, 2.05) is 0 Å². The van der Waals surface area contributed by atoms with E-state index in [2.05, 4.69) is 0 Å². The predicted molar refractivity (Wildman–Crippen MR) is 63.3 cm³/mol. The van der Waals surface area contributed by atoms with Crippen LogP contribution in [0.4, 0.5) is 0 Å². The number of hydrogen-bond donors (Lipinski definition) is 4. The number of aliphatic hydroxyl groups excluding tert-OH is 4. The summed E-state index contributed by atoms with van der Waals surface area (Å²) >= 11 is 0. The normalized spacial score (nSPS) is 42.5. The molecule has 4 N–H and O–H groups in total. The third kappa shape index (κ3) is 3.00. The molecule has 2 aliphatic rings. The molecule has 2 heterocycles. The van der Waals surface area contributed by atoms with Crippen molar-refractivity contribution in [2.24, 2.45) is 0 Å². The Morgan fingerprint density at radius 1 is 1.30 bits per heavy atom. The van der Waals surface area contributed by atoms with Crippen LogP contribution in [0, 0.1) is 0 Å². The molecule has 8 heteroatoms. The molecule has 0 aliphatic carbocycles. The number of carbonyl (C=O) groups excluding carboxylic acids is 1. The third-order valence-corrected chi connectivity index (χ3v) is 3.33. The van der Waals surface area contributed by atoms with E-state index in [9.17, 15) is 20.1 Å². The molecule has 0 aromatic heterocycles. The van der Waals surface area contributed by atoms with E-state index in [1.54, 1.807) is 6.92 Å². The van der Waals surface area contributed by atoms with Crippen LogP contribution in [0.2, 0.25) is 0 Å². The van der Waals surface area contributed by atoms with Gasteiger partial charge in [-0.3, -0.25) is 0 Å². The van der Waals surface area contributed by atoms with Gasteiger partial charge in [0.05, 0.1) is 12.7 Å². The minimum Gasteiger partial charge on any atom is -0.452 e. The van der Waals surface area contributed by atoms with Gasteiger partial charge in [0.1, 0.15) is 30.5 Å². The van der Waals surface area contributed by atoms with Crippen LogP contribution in [0.1, 0.15) is 6.92 Å². The van der Waals surface area contributed by atoms with Gasteiger partial charge in [0.25, 0.3) is 0 Å². The summed E-state index contributed by atoms with van der Waals surface area (Å²) in [6.07, 6.45) is -5.16. The molecule has 8 nitrogen and oxygen atoms in total. The van der Waals surface area contributed by atoms with E-state index < -0.39 is 55.5 Å². The first-order valence-electron chi connectivity index (χ1n) is 6.29. The Balaban J connectivity index is 1.97. The third-order valence-electron chi connectivity index (χ3n) is 3.33. The van der Waals surface area contributed by atoms with Gasteiger partial charge in [0.2, 0.25) is 0 Å². The molecule has 114 valence electrons. The first-order valence-corrected chi connectivity index (χ1v) is 6.29. The van der Waals surface area contributed by atoms with E-state index in [4.69, 9.17) is 19.3 Å². The van der Waals surface area contributed by atoms with E-state index in [0.29, 0.717) is 0 Å². The first kappa shape index (κ1) is 15.4. The molecule has 0 radical (unpaired) electrons. The summed E-state index contributed by atoms with van der Waals surface area (Å²) in [6, 6.07) is 0. The summed E-state index contributed by atoms with van der Waals surface area (Å²) in [7, 11) is 0. The van der Waals surface area contributed by atoms with E-state index in [1.165, 1.54) is 12.2 Å². The largest absolute Gasteiger partial charge is 0.452 e. The van der Waals surface area contributed by atoms with Crippen molar-refractivity contribution in [3.63, 3.8) is 0 Å². The fraction of sp³-hybridized carbons (Fsp3) is 0.750. The zero-order valence-electron chi connectivity index (χ0n) is 10.8. The maximum Gasteiger partial charge on any atom is 0.331 e. The predicted octanol–water partition coefficient (Wildman–Crippen LogP) is -2.33. The minimum absolute atomic E-state index is 0.487. The SMILES string of the molecule is C[C@@H](O[C@@H]1O[C@H](CO)[C@@H](O)[C@H](O)[C@H]1O)[C@@H]1C=CC(=O)O1. The average molecular weight is 290 g/mol. The number of cyclic esters (lactones) is 1. The maximum atomic E-state index is 11.0. The van der Waals surface area contributed by atoms with Crippen LogP contribution < -0.4 is 0 Å². The van der Waals surface area contributed by atoms with Crippen LogP contribution in [-0.2, 0) is 19.0 Å². The van der Waals surface area contributed by atoms with Crippen molar-refractivity contribution >= 4 is 5.97 Å². The standard InChI is InChI=1S/C12H18O8/c1-5(6-2-3-8(14)19-6)18-12-11(17)10(16)9(15)7(4-13)20-12/h2-3,5-7,9-13,15-17H,4H2,1H3/t5-,6+,7-,9-,10+,11-,12-/m1/s1. The van der Waals surface area contributed by atoms with Gasteiger partial charge in [-0.2, -0.15) is 0 Å². The summed E-state index contributed by atoms with van der Waals surface area (Å²) < 4.78 is 15.5. The Labute approximate surface area is 115 Å². The zero-order valence-corrected chi connectivity index (χ0v) is 10.8. The Morgan fingerprint density at radius 3 is 2.55 bits per heavy atom. The number of carbonyl (C=O) groups is 1. The molecule has 1 saturated heterocycles. The molecular formula is C12H18O8. The van der Waals surface area contributed by atoms with Gasteiger partial charge in [0.15, 0.2) is 6.29 Å². The lowest BCUT2D eigenvalue weighted by Crippen LogP contribution is -2.60. The summed E-state index contributed by atoms with van der Waals surface area (Å²) in [4.78, 5) is 11.0. The van der Waals surface area contributed by atoms with Crippen LogP contribution in [0.5, 0.6) is 0 Å². The molecule has 7 atom stereocenters. The van der Waals surface area contributed by atoms with E-state index in [-0.39, 0.29) is 0 Å². The number of aliphatic hydroxyl groups is 4. The molecule has 2 aliphatic heterocycles. The smallest absolute Gasteiger partial charge is 0.331 e. The molecular weight excluding hydrogens is 272 g/mol. The fourth-order valence-electron chi connectivity index (χ4n) is 2.11. The first-order chi connectivity index (χ1) is 9.43. The second-order valence-electron chi connectivity index (χ2n) is 4.80. The number of hydrogen-bond acceptors (Lipinski definition) is 8. The van der Waals surface area contributed by atoms with Gasteiger partial charge in [0, 0.05) is 6.08 Å². The highest BCUT2D eigenvalue weighted by atomic mass is 16.7. The van der Waals surface area contributed by atoms with Crippen molar-refractivity contribution in [1.29, 1.82) is 0 Å². The lowest BCUT2D eigenvalue weighted by atomic mass is 9.99. The molecule has 0 saturated carbocycles. The molecule has 0 aromatic carbocycles. The van der Waals surface area contributed by atoms with Crippen LogP contribution in [0.25, 0.3) is 0 Å². The quantitative estimate of drug-likeness (QED) is 0.425. The van der Waals surface area contributed by atoms with Crippen molar-refractivity contribution < 1.29 is 39.4 Å². The zero-order chi connectivity index (χ0) is 14.9. The summed E-state index contributed by atoms with van der Waals surface area (Å²) in [6.45, 7) is 1.08. The lowest BCUT2D eigenvalue weighted by Gasteiger charge is -2.40. The van der Waals surface area contributed by atoms with E-state index in [0.717, 1.165) is 0 Å². The number of esters is 1. The molecule has 0 spiro atoms. The summed E-state index contributed by atoms with van der Waals surface area (Å²) in [5.41, 5.74) is 0. The molecule has 0 bridgehead atoms. The number of rotatable bonds is 4. The van der Waals surface area contributed by atoms with Gasteiger partial charge >= 0.3 is 5.97 Å². The molecule has 0 unspecified atom stereocenters. The van der Waals surface area contributed by atoms with Crippen molar-refractivity contribution in [3.05, 3.63) is 12.2 Å². The second kappa shape index (κ2) is 6.17. The van der Waals surface area contributed by atoms with E-state index >= 15 is 0 Å². The van der Waals surface area contributed by atoms with Crippen LogP contribution >= 0.6 is 0 Å². The lowest BCUT2D eigenvalue weighted by molar-refractivity contribution is -0.313. The molecule has 2 rings (SSSR count). The Kier molecular flexibility index (Phi) is 4.74. The van der Waals surface area contributed by atoms with Crippen molar-refractivity contribution in [3.8, 4) is 0 Å². The molecule has 20 heavy (non-hydrogen) atoms. The Bertz CT molecular complexity index is 382. The monoisotopic (exact) mass is 290 g/mol. The molecule has 0 aromatic rings. The topological polar surface area (TPSA) is 126 Å². The van der Waals surface area contributed by atoms with Crippen LogP contribution in [0.3, 0.4) is 0 Å². The highest BCUT2D eigenvalue weighted by molar-refractivity contribution is 5.84. The van der Waals surface area contributed by atoms with Gasteiger partial charge in [-0.15, -0.1) is 0 Å². The molecule has 0 amide bonds. The highest BCUT2D eigenvalue weighted by Gasteiger charge is 2.45. The van der Waals surface area contributed by atoms with Gasteiger partial charge in [-0.1, -0.05) is 0 Å². The summed E-state index contributed by atoms with van der Waals surface area (Å²) in [5.74, 6) is -0.487.